The zero-order valence-electron chi connectivity index (χ0n) is 18.9. The van der Waals surface area contributed by atoms with Crippen molar-refractivity contribution in [2.75, 3.05) is 16.9 Å². The summed E-state index contributed by atoms with van der Waals surface area (Å²) in [6.07, 6.45) is 6.61. The average Bonchev–Trinajstić information content (AvgIpc) is 2.80. The van der Waals surface area contributed by atoms with Crippen molar-refractivity contribution < 1.29 is 13.2 Å². The molecule has 0 saturated heterocycles. The smallest absolute Gasteiger partial charge is 0.254 e. The van der Waals surface area contributed by atoms with Gasteiger partial charge in [0.05, 0.1) is 4.90 Å². The summed E-state index contributed by atoms with van der Waals surface area (Å²) in [6.45, 7) is 0. The molecule has 0 bridgehead atoms. The first-order valence-corrected chi connectivity index (χ1v) is 13.0. The lowest BCUT2D eigenvalue weighted by atomic mass is 9.91. The molecule has 1 amide bonds. The highest BCUT2D eigenvalue weighted by atomic mass is 32.2. The van der Waals surface area contributed by atoms with E-state index in [1.807, 2.05) is 6.07 Å². The molecule has 2 atom stereocenters. The summed E-state index contributed by atoms with van der Waals surface area (Å²) in [5, 5.41) is 6.42. The van der Waals surface area contributed by atoms with Gasteiger partial charge in [0.25, 0.3) is 5.91 Å². The highest BCUT2D eigenvalue weighted by Crippen LogP contribution is 2.30. The Kier molecular flexibility index (Phi) is 6.80. The number of nitrogens with two attached hydrogens (primary N) is 2. The third-order valence-corrected chi connectivity index (χ3v) is 7.07. The van der Waals surface area contributed by atoms with Gasteiger partial charge in [-0.25, -0.2) is 13.4 Å². The normalized spacial score (nSPS) is 18.3. The fourth-order valence-corrected chi connectivity index (χ4v) is 5.07. The summed E-state index contributed by atoms with van der Waals surface area (Å²) in [5.74, 6) is -0.0571. The molecule has 9 nitrogen and oxygen atoms in total. The van der Waals surface area contributed by atoms with Crippen LogP contribution < -0.4 is 22.1 Å². The van der Waals surface area contributed by atoms with Gasteiger partial charge in [-0.1, -0.05) is 43.2 Å². The molecule has 1 aromatic heterocycles. The van der Waals surface area contributed by atoms with E-state index in [4.69, 9.17) is 11.5 Å². The summed E-state index contributed by atoms with van der Waals surface area (Å²) >= 11 is 0. The van der Waals surface area contributed by atoms with Crippen LogP contribution >= 0.6 is 0 Å². The number of anilines is 3. The standard InChI is InChI=1S/C24H28N6O3S/c1-34(32,33)21-12-5-2-9-17(21)15-7-6-8-16(13-15)28-23-18(22(26)31)14-27-24(30-23)29-20-11-4-3-10-19(20)25/h2,5-9,12-14,19-20H,3-4,10-11,25H2,1H3,(H2,26,31)(H2,27,28,29,30)/t19?,20-/m1/s1. The van der Waals surface area contributed by atoms with Crippen LogP contribution in [0.3, 0.4) is 0 Å². The highest BCUT2D eigenvalue weighted by molar-refractivity contribution is 7.90. The van der Waals surface area contributed by atoms with Crippen molar-refractivity contribution in [1.82, 2.24) is 9.97 Å². The summed E-state index contributed by atoms with van der Waals surface area (Å²) in [7, 11) is -3.42. The largest absolute Gasteiger partial charge is 0.365 e. The number of benzene rings is 2. The van der Waals surface area contributed by atoms with Gasteiger partial charge < -0.3 is 22.1 Å². The lowest BCUT2D eigenvalue weighted by molar-refractivity contribution is 0.100. The van der Waals surface area contributed by atoms with Gasteiger partial charge >= 0.3 is 0 Å². The molecule has 1 aliphatic rings. The van der Waals surface area contributed by atoms with E-state index in [1.54, 1.807) is 42.5 Å². The van der Waals surface area contributed by atoms with E-state index in [0.717, 1.165) is 25.7 Å². The van der Waals surface area contributed by atoms with Crippen LogP contribution in [0.1, 0.15) is 36.0 Å². The minimum Gasteiger partial charge on any atom is -0.365 e. The van der Waals surface area contributed by atoms with Gasteiger partial charge in [0.1, 0.15) is 11.4 Å². The van der Waals surface area contributed by atoms with Gasteiger partial charge in [-0.05, 0) is 36.6 Å². The Balaban J connectivity index is 1.66. The fourth-order valence-electron chi connectivity index (χ4n) is 4.16. The Hall–Kier alpha value is -3.50. The molecule has 1 heterocycles. The minimum atomic E-state index is -3.42. The fraction of sp³-hybridized carbons (Fsp3) is 0.292. The number of hydrogen-bond donors (Lipinski definition) is 4. The first-order valence-electron chi connectivity index (χ1n) is 11.1. The van der Waals surface area contributed by atoms with Crippen molar-refractivity contribution in [1.29, 1.82) is 0 Å². The quantitative estimate of drug-likeness (QED) is 0.402. The van der Waals surface area contributed by atoms with Crippen LogP contribution in [0, 0.1) is 0 Å². The van der Waals surface area contributed by atoms with Gasteiger partial charge in [0.2, 0.25) is 5.95 Å². The van der Waals surface area contributed by atoms with E-state index in [9.17, 15) is 13.2 Å². The number of primary amides is 1. The number of amides is 1. The van der Waals surface area contributed by atoms with Crippen molar-refractivity contribution in [3.8, 4) is 11.1 Å². The third kappa shape index (κ3) is 5.35. The summed E-state index contributed by atoms with van der Waals surface area (Å²) < 4.78 is 24.5. The summed E-state index contributed by atoms with van der Waals surface area (Å²) in [4.78, 5) is 21.0. The zero-order valence-corrected chi connectivity index (χ0v) is 19.7. The molecule has 34 heavy (non-hydrogen) atoms. The van der Waals surface area contributed by atoms with Crippen LogP contribution in [0.15, 0.2) is 59.6 Å². The molecule has 6 N–H and O–H groups in total. The zero-order chi connectivity index (χ0) is 24.3. The van der Waals surface area contributed by atoms with Crippen molar-refractivity contribution in [3.05, 3.63) is 60.3 Å². The molecule has 3 aromatic rings. The number of hydrogen-bond acceptors (Lipinski definition) is 8. The van der Waals surface area contributed by atoms with Gasteiger partial charge in [-0.2, -0.15) is 4.98 Å². The number of rotatable bonds is 7. The van der Waals surface area contributed by atoms with E-state index >= 15 is 0 Å². The first kappa shape index (κ1) is 23.7. The van der Waals surface area contributed by atoms with Gasteiger partial charge in [-0.15, -0.1) is 0 Å². The molecular formula is C24H28N6O3S. The van der Waals surface area contributed by atoms with Crippen molar-refractivity contribution in [3.63, 3.8) is 0 Å². The second-order valence-corrected chi connectivity index (χ2v) is 10.5. The van der Waals surface area contributed by atoms with Crippen LogP contribution in [0.5, 0.6) is 0 Å². The molecule has 178 valence electrons. The molecular weight excluding hydrogens is 452 g/mol. The van der Waals surface area contributed by atoms with Crippen LogP contribution in [0.25, 0.3) is 11.1 Å². The Morgan fingerprint density at radius 3 is 2.59 bits per heavy atom. The molecule has 4 rings (SSSR count). The van der Waals surface area contributed by atoms with Crippen molar-refractivity contribution in [2.24, 2.45) is 11.5 Å². The topological polar surface area (TPSA) is 153 Å². The van der Waals surface area contributed by atoms with E-state index in [2.05, 4.69) is 20.6 Å². The predicted octanol–water partition coefficient (Wildman–Crippen LogP) is 3.07. The van der Waals surface area contributed by atoms with Gasteiger partial charge in [-0.3, -0.25) is 4.79 Å². The maximum Gasteiger partial charge on any atom is 0.254 e. The minimum absolute atomic E-state index is 0.0103. The Labute approximate surface area is 198 Å². The Bertz CT molecular complexity index is 1310. The molecule has 1 unspecified atom stereocenters. The van der Waals surface area contributed by atoms with Crippen molar-refractivity contribution in [2.45, 2.75) is 42.7 Å². The van der Waals surface area contributed by atoms with Crippen LogP contribution in [0.4, 0.5) is 17.5 Å². The molecule has 0 spiro atoms. The SMILES string of the molecule is CS(=O)(=O)c1ccccc1-c1cccc(Nc2nc(N[C@@H]3CCCCC3N)ncc2C(N)=O)c1. The van der Waals surface area contributed by atoms with E-state index in [0.29, 0.717) is 22.8 Å². The lowest BCUT2D eigenvalue weighted by Gasteiger charge is -2.29. The molecule has 1 aliphatic carbocycles. The lowest BCUT2D eigenvalue weighted by Crippen LogP contribution is -2.43. The second-order valence-electron chi connectivity index (χ2n) is 8.49. The number of carbonyl (C=O) groups is 1. The van der Waals surface area contributed by atoms with E-state index < -0.39 is 15.7 Å². The Morgan fingerprint density at radius 2 is 1.85 bits per heavy atom. The number of aromatic nitrogens is 2. The van der Waals surface area contributed by atoms with Crippen LogP contribution in [0.2, 0.25) is 0 Å². The summed E-state index contributed by atoms with van der Waals surface area (Å²) in [5.41, 5.74) is 13.8. The molecule has 1 fully saturated rings. The number of sulfone groups is 1. The first-order chi connectivity index (χ1) is 16.2. The van der Waals surface area contributed by atoms with Crippen LogP contribution in [-0.4, -0.2) is 42.6 Å². The molecule has 0 radical (unpaired) electrons. The van der Waals surface area contributed by atoms with Crippen LogP contribution in [-0.2, 0) is 9.84 Å². The average molecular weight is 481 g/mol. The third-order valence-electron chi connectivity index (χ3n) is 5.91. The number of nitrogens with one attached hydrogen (secondary N) is 2. The molecule has 2 aromatic carbocycles. The molecule has 10 heteroatoms. The van der Waals surface area contributed by atoms with Gasteiger partial charge in [0, 0.05) is 35.8 Å². The Morgan fingerprint density at radius 1 is 1.09 bits per heavy atom. The summed E-state index contributed by atoms with van der Waals surface area (Å²) in [6, 6.07) is 14.1. The predicted molar refractivity (Wildman–Crippen MR) is 133 cm³/mol. The highest BCUT2D eigenvalue weighted by Gasteiger charge is 2.23. The number of nitrogens with zero attached hydrogens (tertiary/aromatic N) is 2. The second kappa shape index (κ2) is 9.78. The molecule has 0 aliphatic heterocycles. The van der Waals surface area contributed by atoms with Gasteiger partial charge in [0.15, 0.2) is 9.84 Å². The van der Waals surface area contributed by atoms with Crippen molar-refractivity contribution >= 4 is 33.2 Å². The monoisotopic (exact) mass is 480 g/mol. The maximum absolute atomic E-state index is 12.2. The van der Waals surface area contributed by atoms with E-state index in [1.165, 1.54) is 12.5 Å². The maximum atomic E-state index is 12.2. The van der Waals surface area contributed by atoms with E-state index in [-0.39, 0.29) is 28.4 Å². The number of carbonyl (C=O) groups excluding carboxylic acids is 1. The molecule has 1 saturated carbocycles.